The zero-order valence-corrected chi connectivity index (χ0v) is 23.5. The Morgan fingerprint density at radius 1 is 0.585 bits per heavy atom. The van der Waals surface area contributed by atoms with Crippen molar-refractivity contribution >= 4 is 11.9 Å². The molecule has 0 amide bonds. The van der Waals surface area contributed by atoms with Gasteiger partial charge in [0.15, 0.2) is 11.5 Å². The van der Waals surface area contributed by atoms with Crippen molar-refractivity contribution in [2.24, 2.45) is 0 Å². The van der Waals surface area contributed by atoms with Gasteiger partial charge in [0.2, 0.25) is 0 Å². The first-order chi connectivity index (χ1) is 19.9. The SMILES string of the molecule is CCCCOC(=O)c1ccccc1C(=O)OCCCC.Oc1cccc(-c2ccccc2)c1O.Oc1ccccc1. The molecule has 216 valence electrons. The molecule has 3 N–H and O–H groups in total. The van der Waals surface area contributed by atoms with Gasteiger partial charge >= 0.3 is 11.9 Å². The fourth-order valence-electron chi connectivity index (χ4n) is 3.42. The van der Waals surface area contributed by atoms with Gasteiger partial charge in [-0.05, 0) is 48.7 Å². The van der Waals surface area contributed by atoms with Crippen molar-refractivity contribution in [2.75, 3.05) is 13.2 Å². The number of para-hydroxylation sites is 2. The van der Waals surface area contributed by atoms with Gasteiger partial charge in [-0.1, -0.05) is 99.5 Å². The number of carbonyl (C=O) groups excluding carboxylic acids is 2. The van der Waals surface area contributed by atoms with Crippen LogP contribution in [-0.4, -0.2) is 40.5 Å². The van der Waals surface area contributed by atoms with Crippen molar-refractivity contribution in [3.63, 3.8) is 0 Å². The Labute approximate surface area is 241 Å². The molecule has 4 aromatic rings. The Balaban J connectivity index is 0.000000240. The quantitative estimate of drug-likeness (QED) is 0.109. The highest BCUT2D eigenvalue weighted by Gasteiger charge is 2.18. The lowest BCUT2D eigenvalue weighted by Crippen LogP contribution is -2.14. The molecule has 0 unspecified atom stereocenters. The molecule has 0 aliphatic rings. The molecular formula is C34H38O7. The van der Waals surface area contributed by atoms with Crippen LogP contribution in [0.3, 0.4) is 0 Å². The highest BCUT2D eigenvalue weighted by molar-refractivity contribution is 6.03. The number of unbranched alkanes of at least 4 members (excludes halogenated alkanes) is 2. The summed E-state index contributed by atoms with van der Waals surface area (Å²) in [5, 5.41) is 27.5. The first-order valence-electron chi connectivity index (χ1n) is 13.6. The van der Waals surface area contributed by atoms with Crippen LogP contribution in [0, 0.1) is 0 Å². The van der Waals surface area contributed by atoms with E-state index in [0.29, 0.717) is 24.5 Å². The molecule has 0 atom stereocenters. The van der Waals surface area contributed by atoms with E-state index in [1.54, 1.807) is 60.7 Å². The average Bonchev–Trinajstić information content (AvgIpc) is 3.00. The molecule has 0 heterocycles. The van der Waals surface area contributed by atoms with E-state index in [4.69, 9.17) is 14.6 Å². The fourth-order valence-corrected chi connectivity index (χ4v) is 3.42. The summed E-state index contributed by atoms with van der Waals surface area (Å²) in [5.74, 6) is -0.782. The van der Waals surface area contributed by atoms with Crippen molar-refractivity contribution < 1.29 is 34.4 Å². The van der Waals surface area contributed by atoms with Gasteiger partial charge in [0, 0.05) is 5.56 Å². The van der Waals surface area contributed by atoms with Crippen LogP contribution in [0.5, 0.6) is 17.2 Å². The number of hydrogen-bond acceptors (Lipinski definition) is 7. The molecule has 0 spiro atoms. The number of phenols is 3. The molecule has 0 aromatic heterocycles. The number of carbonyl (C=O) groups is 2. The Morgan fingerprint density at radius 3 is 1.49 bits per heavy atom. The molecule has 0 radical (unpaired) electrons. The van der Waals surface area contributed by atoms with E-state index < -0.39 is 11.9 Å². The largest absolute Gasteiger partial charge is 0.508 e. The molecule has 0 saturated carbocycles. The summed E-state index contributed by atoms with van der Waals surface area (Å²) in [6.07, 6.45) is 3.53. The van der Waals surface area contributed by atoms with E-state index in [1.807, 2.05) is 50.2 Å². The topological polar surface area (TPSA) is 113 Å². The van der Waals surface area contributed by atoms with Gasteiger partial charge < -0.3 is 24.8 Å². The van der Waals surface area contributed by atoms with Crippen LogP contribution in [0.4, 0.5) is 0 Å². The molecule has 4 aromatic carbocycles. The molecule has 0 aliphatic carbocycles. The minimum Gasteiger partial charge on any atom is -0.508 e. The lowest BCUT2D eigenvalue weighted by molar-refractivity contribution is 0.0452. The van der Waals surface area contributed by atoms with Gasteiger partial charge in [0.05, 0.1) is 24.3 Å². The number of aromatic hydroxyl groups is 3. The first-order valence-corrected chi connectivity index (χ1v) is 13.6. The Hall–Kier alpha value is -4.78. The number of esters is 2. The first kappa shape index (κ1) is 32.4. The van der Waals surface area contributed by atoms with Crippen LogP contribution in [0.15, 0.2) is 103 Å². The van der Waals surface area contributed by atoms with Crippen molar-refractivity contribution in [3.05, 3.63) is 114 Å². The van der Waals surface area contributed by atoms with Crippen molar-refractivity contribution in [1.29, 1.82) is 0 Å². The zero-order chi connectivity index (χ0) is 29.9. The van der Waals surface area contributed by atoms with E-state index in [-0.39, 0.29) is 22.6 Å². The molecule has 0 aliphatic heterocycles. The molecule has 4 rings (SSSR count). The van der Waals surface area contributed by atoms with Gasteiger partial charge in [-0.3, -0.25) is 0 Å². The maximum absolute atomic E-state index is 11.9. The summed E-state index contributed by atoms with van der Waals surface area (Å²) in [6, 6.07) is 29.7. The molecule has 0 saturated heterocycles. The van der Waals surface area contributed by atoms with E-state index in [9.17, 15) is 19.8 Å². The minimum absolute atomic E-state index is 0.0706. The van der Waals surface area contributed by atoms with E-state index in [1.165, 1.54) is 6.07 Å². The highest BCUT2D eigenvalue weighted by atomic mass is 16.5. The number of benzene rings is 4. The summed E-state index contributed by atoms with van der Waals surface area (Å²) in [4.78, 5) is 23.9. The maximum atomic E-state index is 11.9. The molecule has 7 nitrogen and oxygen atoms in total. The number of hydrogen-bond donors (Lipinski definition) is 3. The number of ether oxygens (including phenoxy) is 2. The van der Waals surface area contributed by atoms with E-state index in [0.717, 1.165) is 31.2 Å². The van der Waals surface area contributed by atoms with Gasteiger partial charge in [0.25, 0.3) is 0 Å². The third-order valence-corrected chi connectivity index (χ3v) is 5.68. The second-order valence-electron chi connectivity index (χ2n) is 8.90. The fraction of sp³-hybridized carbons (Fsp3) is 0.235. The lowest BCUT2D eigenvalue weighted by Gasteiger charge is -2.09. The Morgan fingerprint density at radius 2 is 1.05 bits per heavy atom. The third kappa shape index (κ3) is 11.5. The van der Waals surface area contributed by atoms with E-state index >= 15 is 0 Å². The normalized spacial score (nSPS) is 9.80. The van der Waals surface area contributed by atoms with Crippen molar-refractivity contribution in [1.82, 2.24) is 0 Å². The van der Waals surface area contributed by atoms with Crippen LogP contribution in [0.2, 0.25) is 0 Å². The van der Waals surface area contributed by atoms with Crippen molar-refractivity contribution in [2.45, 2.75) is 39.5 Å². The third-order valence-electron chi connectivity index (χ3n) is 5.68. The zero-order valence-electron chi connectivity index (χ0n) is 23.5. The number of rotatable bonds is 9. The predicted octanol–water partition coefficient (Wildman–Crippen LogP) is 7.76. The van der Waals surface area contributed by atoms with Crippen LogP contribution < -0.4 is 0 Å². The van der Waals surface area contributed by atoms with Gasteiger partial charge in [-0.2, -0.15) is 0 Å². The molecule has 41 heavy (non-hydrogen) atoms. The van der Waals surface area contributed by atoms with Crippen LogP contribution in [0.25, 0.3) is 11.1 Å². The summed E-state index contributed by atoms with van der Waals surface area (Å²) < 4.78 is 10.3. The second-order valence-corrected chi connectivity index (χ2v) is 8.90. The van der Waals surface area contributed by atoms with E-state index in [2.05, 4.69) is 0 Å². The van der Waals surface area contributed by atoms with Crippen LogP contribution >= 0.6 is 0 Å². The summed E-state index contributed by atoms with van der Waals surface area (Å²) in [6.45, 7) is 4.78. The van der Waals surface area contributed by atoms with Crippen molar-refractivity contribution in [3.8, 4) is 28.4 Å². The Bertz CT molecular complexity index is 1280. The smallest absolute Gasteiger partial charge is 0.339 e. The molecule has 7 heteroatoms. The molecular weight excluding hydrogens is 520 g/mol. The van der Waals surface area contributed by atoms with Gasteiger partial charge in [0.1, 0.15) is 5.75 Å². The van der Waals surface area contributed by atoms with Crippen LogP contribution in [-0.2, 0) is 9.47 Å². The monoisotopic (exact) mass is 558 g/mol. The summed E-state index contributed by atoms with van der Waals surface area (Å²) in [5.41, 5.74) is 2.07. The minimum atomic E-state index is -0.471. The standard InChI is InChI=1S/C16H22O4.C12H10O2.C6H6O/c1-3-5-11-19-15(17)13-9-7-8-10-14(13)16(18)20-12-6-4-2;13-11-8-4-7-10(12(11)14)9-5-2-1-3-6-9;7-6-4-2-1-3-5-6/h7-10H,3-6,11-12H2,1-2H3;1-8,13-14H;1-5,7H. The van der Waals surface area contributed by atoms with Gasteiger partial charge in [-0.15, -0.1) is 0 Å². The molecule has 0 bridgehead atoms. The molecule has 0 fully saturated rings. The summed E-state index contributed by atoms with van der Waals surface area (Å²) in [7, 11) is 0. The van der Waals surface area contributed by atoms with Crippen LogP contribution in [0.1, 0.15) is 60.2 Å². The summed E-state index contributed by atoms with van der Waals surface area (Å²) >= 11 is 0. The predicted molar refractivity (Wildman–Crippen MR) is 160 cm³/mol. The maximum Gasteiger partial charge on any atom is 0.339 e. The second kappa shape index (κ2) is 18.5. The highest BCUT2D eigenvalue weighted by Crippen LogP contribution is 2.35. The number of phenolic OH excluding ortho intramolecular Hbond substituents is 3. The average molecular weight is 559 g/mol. The lowest BCUT2D eigenvalue weighted by atomic mass is 10.0. The van der Waals surface area contributed by atoms with Gasteiger partial charge in [-0.25, -0.2) is 9.59 Å². The Kier molecular flexibility index (Phi) is 14.6.